The molecule has 6 nitrogen and oxygen atoms in total. The van der Waals surface area contributed by atoms with Gasteiger partial charge < -0.3 is 14.2 Å². The summed E-state index contributed by atoms with van der Waals surface area (Å²) >= 11 is 0. The van der Waals surface area contributed by atoms with Gasteiger partial charge in [0.15, 0.2) is 6.10 Å². The average molecular weight is 821 g/mol. The molecular formula is C52H100O6. The molecule has 0 aliphatic heterocycles. The number of carbonyl (C=O) groups excluding carboxylic acids is 3. The summed E-state index contributed by atoms with van der Waals surface area (Å²) in [5.74, 6) is 0.00954. The largest absolute Gasteiger partial charge is 0.462 e. The number of rotatable bonds is 47. The van der Waals surface area contributed by atoms with E-state index in [1.54, 1.807) is 0 Å². The Morgan fingerprint density at radius 2 is 0.569 bits per heavy atom. The van der Waals surface area contributed by atoms with Gasteiger partial charge in [0.2, 0.25) is 0 Å². The number of hydrogen-bond donors (Lipinski definition) is 0. The summed E-state index contributed by atoms with van der Waals surface area (Å²) in [6, 6.07) is 0. The zero-order valence-corrected chi connectivity index (χ0v) is 39.5. The van der Waals surface area contributed by atoms with E-state index in [0.717, 1.165) is 63.7 Å². The van der Waals surface area contributed by atoms with Gasteiger partial charge in [-0.3, -0.25) is 14.4 Å². The second kappa shape index (κ2) is 46.5. The van der Waals surface area contributed by atoms with Crippen LogP contribution in [0.25, 0.3) is 0 Å². The molecular weight excluding hydrogens is 721 g/mol. The Labute approximate surface area is 361 Å². The summed E-state index contributed by atoms with van der Waals surface area (Å²) in [6.07, 6.45) is 48.1. The van der Waals surface area contributed by atoms with E-state index in [1.165, 1.54) is 186 Å². The van der Waals surface area contributed by atoms with Crippen LogP contribution in [0.2, 0.25) is 0 Å². The van der Waals surface area contributed by atoms with E-state index in [4.69, 9.17) is 14.2 Å². The first-order valence-corrected chi connectivity index (χ1v) is 25.9. The molecule has 0 fully saturated rings. The van der Waals surface area contributed by atoms with Gasteiger partial charge in [-0.25, -0.2) is 0 Å². The third-order valence-corrected chi connectivity index (χ3v) is 11.8. The van der Waals surface area contributed by atoms with Crippen LogP contribution < -0.4 is 0 Å². The van der Waals surface area contributed by atoms with Crippen molar-refractivity contribution in [1.29, 1.82) is 0 Å². The fourth-order valence-corrected chi connectivity index (χ4v) is 7.86. The Bertz CT molecular complexity index is 872. The second-order valence-corrected chi connectivity index (χ2v) is 18.3. The van der Waals surface area contributed by atoms with Gasteiger partial charge in [0.1, 0.15) is 13.2 Å². The van der Waals surface area contributed by atoms with Crippen molar-refractivity contribution in [3.05, 3.63) is 0 Å². The maximum absolute atomic E-state index is 12.7. The third-order valence-electron chi connectivity index (χ3n) is 11.8. The van der Waals surface area contributed by atoms with E-state index in [2.05, 4.69) is 27.7 Å². The van der Waals surface area contributed by atoms with Crippen molar-refractivity contribution >= 4 is 17.9 Å². The normalized spacial score (nSPS) is 11.9. The molecule has 0 aromatic carbocycles. The number of unbranched alkanes of at least 4 members (excludes halogenated alkanes) is 34. The van der Waals surface area contributed by atoms with Gasteiger partial charge in [-0.2, -0.15) is 0 Å². The first kappa shape index (κ1) is 56.4. The fourth-order valence-electron chi connectivity index (χ4n) is 7.86. The Morgan fingerprint density at radius 1 is 0.328 bits per heavy atom. The van der Waals surface area contributed by atoms with Crippen molar-refractivity contribution in [1.82, 2.24) is 0 Å². The van der Waals surface area contributed by atoms with Crippen LogP contribution in [0.4, 0.5) is 0 Å². The number of esters is 3. The fraction of sp³-hybridized carbons (Fsp3) is 0.942. The van der Waals surface area contributed by atoms with Crippen LogP contribution in [0.1, 0.15) is 291 Å². The standard InChI is InChI=1S/C52H100O6/c1-5-7-9-11-13-15-28-33-37-41-45-52(55)58-49(46-56-50(53)43-39-35-31-26-14-12-10-8-6-2)47-57-51(54)44-40-36-32-29-25-23-21-19-17-16-18-20-22-24-27-30-34-38-42-48(3)4/h48-49H,5-47H2,1-4H3/t49-/m1/s1. The highest BCUT2D eigenvalue weighted by atomic mass is 16.6. The average Bonchev–Trinajstić information content (AvgIpc) is 3.21. The number of ether oxygens (including phenoxy) is 3. The van der Waals surface area contributed by atoms with Crippen LogP contribution >= 0.6 is 0 Å². The summed E-state index contributed by atoms with van der Waals surface area (Å²) in [7, 11) is 0. The molecule has 1 atom stereocenters. The van der Waals surface area contributed by atoms with E-state index in [1.807, 2.05) is 0 Å². The zero-order chi connectivity index (χ0) is 42.4. The Kier molecular flexibility index (Phi) is 45.2. The third kappa shape index (κ3) is 45.5. The molecule has 0 unspecified atom stereocenters. The van der Waals surface area contributed by atoms with E-state index in [-0.39, 0.29) is 31.1 Å². The van der Waals surface area contributed by atoms with Crippen LogP contribution in [-0.4, -0.2) is 37.2 Å². The Balaban J connectivity index is 4.14. The van der Waals surface area contributed by atoms with Crippen molar-refractivity contribution in [2.45, 2.75) is 297 Å². The van der Waals surface area contributed by atoms with Gasteiger partial charge >= 0.3 is 17.9 Å². The molecule has 0 aliphatic rings. The predicted molar refractivity (Wildman–Crippen MR) is 247 cm³/mol. The van der Waals surface area contributed by atoms with Gasteiger partial charge in [0.25, 0.3) is 0 Å². The summed E-state index contributed by atoms with van der Waals surface area (Å²) in [6.45, 7) is 9.01. The molecule has 0 saturated heterocycles. The molecule has 0 heterocycles. The minimum absolute atomic E-state index is 0.0629. The first-order valence-electron chi connectivity index (χ1n) is 25.9. The smallest absolute Gasteiger partial charge is 0.306 e. The quantitative estimate of drug-likeness (QED) is 0.0346. The van der Waals surface area contributed by atoms with Gasteiger partial charge in [-0.1, -0.05) is 252 Å². The molecule has 0 spiro atoms. The monoisotopic (exact) mass is 821 g/mol. The number of hydrogen-bond acceptors (Lipinski definition) is 6. The van der Waals surface area contributed by atoms with E-state index in [9.17, 15) is 14.4 Å². The van der Waals surface area contributed by atoms with Crippen LogP contribution in [0.3, 0.4) is 0 Å². The number of carbonyl (C=O) groups is 3. The minimum atomic E-state index is -0.759. The lowest BCUT2D eigenvalue weighted by atomic mass is 10.0. The van der Waals surface area contributed by atoms with Crippen LogP contribution in [0.5, 0.6) is 0 Å². The van der Waals surface area contributed by atoms with E-state index >= 15 is 0 Å². The van der Waals surface area contributed by atoms with Crippen molar-refractivity contribution in [3.8, 4) is 0 Å². The lowest BCUT2D eigenvalue weighted by Gasteiger charge is -2.18. The van der Waals surface area contributed by atoms with Gasteiger partial charge in [-0.15, -0.1) is 0 Å². The topological polar surface area (TPSA) is 78.9 Å². The highest BCUT2D eigenvalue weighted by molar-refractivity contribution is 5.71. The van der Waals surface area contributed by atoms with Crippen molar-refractivity contribution in [2.75, 3.05) is 13.2 Å². The molecule has 344 valence electrons. The van der Waals surface area contributed by atoms with Crippen molar-refractivity contribution < 1.29 is 28.6 Å². The highest BCUT2D eigenvalue weighted by Crippen LogP contribution is 2.17. The second-order valence-electron chi connectivity index (χ2n) is 18.3. The van der Waals surface area contributed by atoms with Crippen molar-refractivity contribution in [3.63, 3.8) is 0 Å². The zero-order valence-electron chi connectivity index (χ0n) is 39.5. The molecule has 0 aromatic rings. The summed E-state index contributed by atoms with van der Waals surface area (Å²) < 4.78 is 16.7. The summed E-state index contributed by atoms with van der Waals surface area (Å²) in [5, 5.41) is 0. The lowest BCUT2D eigenvalue weighted by molar-refractivity contribution is -0.167. The first-order chi connectivity index (χ1) is 28.4. The van der Waals surface area contributed by atoms with E-state index < -0.39 is 6.10 Å². The molecule has 0 amide bonds. The highest BCUT2D eigenvalue weighted by Gasteiger charge is 2.19. The summed E-state index contributed by atoms with van der Waals surface area (Å²) in [4.78, 5) is 37.8. The SMILES string of the molecule is CCCCCCCCCCCCC(=O)O[C@H](COC(=O)CCCCCCCCCCC)COC(=O)CCCCCCCCCCCCCCCCCCCCC(C)C. The van der Waals surface area contributed by atoms with Crippen LogP contribution in [-0.2, 0) is 28.6 Å². The molecule has 58 heavy (non-hydrogen) atoms. The van der Waals surface area contributed by atoms with Crippen molar-refractivity contribution in [2.24, 2.45) is 5.92 Å². The lowest BCUT2D eigenvalue weighted by Crippen LogP contribution is -2.30. The Morgan fingerprint density at radius 3 is 0.845 bits per heavy atom. The molecule has 0 rings (SSSR count). The van der Waals surface area contributed by atoms with Crippen LogP contribution in [0.15, 0.2) is 0 Å². The van der Waals surface area contributed by atoms with Gasteiger partial charge in [-0.05, 0) is 25.2 Å². The summed E-state index contributed by atoms with van der Waals surface area (Å²) in [5.41, 5.74) is 0. The van der Waals surface area contributed by atoms with E-state index in [0.29, 0.717) is 19.3 Å². The minimum Gasteiger partial charge on any atom is -0.462 e. The molecule has 6 heteroatoms. The predicted octanol–water partition coefficient (Wildman–Crippen LogP) is 16.7. The maximum atomic E-state index is 12.7. The molecule has 0 aromatic heterocycles. The molecule has 0 bridgehead atoms. The maximum Gasteiger partial charge on any atom is 0.306 e. The molecule has 0 N–H and O–H groups in total. The van der Waals surface area contributed by atoms with Gasteiger partial charge in [0.05, 0.1) is 0 Å². The van der Waals surface area contributed by atoms with Crippen LogP contribution in [0, 0.1) is 5.92 Å². The molecule has 0 aliphatic carbocycles. The van der Waals surface area contributed by atoms with Gasteiger partial charge in [0, 0.05) is 19.3 Å². The molecule has 0 saturated carbocycles. The molecule has 0 radical (unpaired) electrons. The Hall–Kier alpha value is -1.59.